The molecule has 1 aromatic carbocycles. The van der Waals surface area contributed by atoms with Crippen molar-refractivity contribution in [3.8, 4) is 0 Å². The largest absolute Gasteiger partial charge is 0.329 e. The molecular formula is C13H18N2O3S. The number of amides is 1. The monoisotopic (exact) mass is 282 g/mol. The molecule has 1 heterocycles. The second-order valence-corrected chi connectivity index (χ2v) is 6.64. The van der Waals surface area contributed by atoms with Gasteiger partial charge in [0.15, 0.2) is 0 Å². The number of nitrogens with zero attached hydrogens (tertiary/aromatic N) is 1. The summed E-state index contributed by atoms with van der Waals surface area (Å²) in [5.41, 5.74) is 0.584. The highest BCUT2D eigenvalue weighted by atomic mass is 32.2. The second-order valence-electron chi connectivity index (χ2n) is 4.75. The summed E-state index contributed by atoms with van der Waals surface area (Å²) in [7, 11) is -3.43. The molecule has 5 nitrogen and oxygen atoms in total. The number of hydrogen-bond acceptors (Lipinski definition) is 3. The normalized spacial score (nSPS) is 21.0. The van der Waals surface area contributed by atoms with Crippen LogP contribution in [0.1, 0.15) is 26.2 Å². The van der Waals surface area contributed by atoms with Crippen molar-refractivity contribution in [2.24, 2.45) is 0 Å². The van der Waals surface area contributed by atoms with Gasteiger partial charge in [0.1, 0.15) is 0 Å². The molecule has 0 aromatic heterocycles. The topological polar surface area (TPSA) is 66.5 Å². The van der Waals surface area contributed by atoms with Gasteiger partial charge < -0.3 is 5.32 Å². The van der Waals surface area contributed by atoms with Crippen molar-refractivity contribution in [3.05, 3.63) is 24.3 Å². The molecule has 2 rings (SSSR count). The number of sulfonamides is 1. The van der Waals surface area contributed by atoms with E-state index in [0.717, 1.165) is 19.3 Å². The van der Waals surface area contributed by atoms with E-state index in [0.29, 0.717) is 18.6 Å². The molecule has 0 bridgehead atoms. The molecule has 1 fully saturated rings. The summed E-state index contributed by atoms with van der Waals surface area (Å²) in [6.45, 7) is 2.52. The lowest BCUT2D eigenvalue weighted by atomic mass is 10.1. The summed E-state index contributed by atoms with van der Waals surface area (Å²) in [5.74, 6) is 0. The minimum atomic E-state index is -3.43. The molecule has 6 heteroatoms. The summed E-state index contributed by atoms with van der Waals surface area (Å²) in [4.78, 5) is 10.6. The van der Waals surface area contributed by atoms with Gasteiger partial charge in [0.2, 0.25) is 16.4 Å². The standard InChI is InChI=1S/C13H18N2O3S/c1-11-4-2-3-9-15(11)19(17,18)13-7-5-12(6-8-13)14-10-16/h5-8,10-11H,2-4,9H2,1H3,(H,14,16). The maximum atomic E-state index is 12.5. The predicted molar refractivity (Wildman–Crippen MR) is 73.3 cm³/mol. The summed E-state index contributed by atoms with van der Waals surface area (Å²) in [5, 5.41) is 2.49. The van der Waals surface area contributed by atoms with E-state index in [9.17, 15) is 13.2 Å². The Morgan fingerprint density at radius 2 is 1.95 bits per heavy atom. The molecule has 1 amide bonds. The van der Waals surface area contributed by atoms with Crippen LogP contribution in [0.3, 0.4) is 0 Å². The molecule has 0 saturated carbocycles. The van der Waals surface area contributed by atoms with Crippen LogP contribution in [0.2, 0.25) is 0 Å². The van der Waals surface area contributed by atoms with Crippen LogP contribution in [0.25, 0.3) is 0 Å². The van der Waals surface area contributed by atoms with Gasteiger partial charge in [-0.2, -0.15) is 4.31 Å². The lowest BCUT2D eigenvalue weighted by Gasteiger charge is -2.32. The Balaban J connectivity index is 2.25. The van der Waals surface area contributed by atoms with Gasteiger partial charge in [-0.3, -0.25) is 4.79 Å². The highest BCUT2D eigenvalue weighted by molar-refractivity contribution is 7.89. The van der Waals surface area contributed by atoms with Gasteiger partial charge in [-0.15, -0.1) is 0 Å². The van der Waals surface area contributed by atoms with E-state index in [-0.39, 0.29) is 10.9 Å². The minimum Gasteiger partial charge on any atom is -0.329 e. The second kappa shape index (κ2) is 5.71. The SMILES string of the molecule is CC1CCCCN1S(=O)(=O)c1ccc(NC=O)cc1. The fraction of sp³-hybridized carbons (Fsp3) is 0.462. The van der Waals surface area contributed by atoms with Crippen LogP contribution in [-0.4, -0.2) is 31.7 Å². The molecule has 0 spiro atoms. The third kappa shape index (κ3) is 2.96. The van der Waals surface area contributed by atoms with E-state index in [4.69, 9.17) is 0 Å². The predicted octanol–water partition coefficient (Wildman–Crippen LogP) is 1.82. The number of nitrogens with one attached hydrogen (secondary N) is 1. The Kier molecular flexibility index (Phi) is 4.21. The maximum Gasteiger partial charge on any atom is 0.243 e. The van der Waals surface area contributed by atoms with Crippen LogP contribution in [0.15, 0.2) is 29.2 Å². The number of piperidine rings is 1. The van der Waals surface area contributed by atoms with Crippen molar-refractivity contribution < 1.29 is 13.2 Å². The first-order valence-electron chi connectivity index (χ1n) is 6.38. The van der Waals surface area contributed by atoms with Gasteiger partial charge >= 0.3 is 0 Å². The van der Waals surface area contributed by atoms with Crippen LogP contribution in [0.4, 0.5) is 5.69 Å². The molecule has 1 aliphatic rings. The van der Waals surface area contributed by atoms with Crippen molar-refractivity contribution in [1.29, 1.82) is 0 Å². The van der Waals surface area contributed by atoms with E-state index in [1.165, 1.54) is 12.1 Å². The first kappa shape index (κ1) is 14.0. The number of benzene rings is 1. The molecule has 0 radical (unpaired) electrons. The molecule has 1 saturated heterocycles. The van der Waals surface area contributed by atoms with Crippen molar-refractivity contribution in [3.63, 3.8) is 0 Å². The van der Waals surface area contributed by atoms with Gasteiger partial charge in [-0.1, -0.05) is 6.42 Å². The zero-order valence-electron chi connectivity index (χ0n) is 10.9. The van der Waals surface area contributed by atoms with Crippen LogP contribution < -0.4 is 5.32 Å². The fourth-order valence-corrected chi connectivity index (χ4v) is 4.05. The highest BCUT2D eigenvalue weighted by Gasteiger charge is 2.30. The number of hydrogen-bond donors (Lipinski definition) is 1. The quantitative estimate of drug-likeness (QED) is 0.857. The van der Waals surface area contributed by atoms with E-state index in [1.54, 1.807) is 16.4 Å². The minimum absolute atomic E-state index is 0.0477. The molecule has 1 N–H and O–H groups in total. The van der Waals surface area contributed by atoms with E-state index >= 15 is 0 Å². The number of carbonyl (C=O) groups is 1. The van der Waals surface area contributed by atoms with Crippen LogP contribution in [0, 0.1) is 0 Å². The molecule has 19 heavy (non-hydrogen) atoms. The third-order valence-electron chi connectivity index (χ3n) is 3.43. The molecular weight excluding hydrogens is 264 g/mol. The summed E-state index contributed by atoms with van der Waals surface area (Å²) in [6, 6.07) is 6.29. The maximum absolute atomic E-state index is 12.5. The van der Waals surface area contributed by atoms with Crippen LogP contribution in [0.5, 0.6) is 0 Å². The zero-order chi connectivity index (χ0) is 13.9. The van der Waals surface area contributed by atoms with E-state index in [1.807, 2.05) is 6.92 Å². The molecule has 1 atom stereocenters. The number of carbonyl (C=O) groups excluding carboxylic acids is 1. The number of anilines is 1. The molecule has 0 aliphatic carbocycles. The van der Waals surface area contributed by atoms with Gasteiger partial charge in [0.05, 0.1) is 4.90 Å². The van der Waals surface area contributed by atoms with E-state index < -0.39 is 10.0 Å². The van der Waals surface area contributed by atoms with Crippen molar-refractivity contribution >= 4 is 22.1 Å². The van der Waals surface area contributed by atoms with Gasteiger partial charge in [-0.05, 0) is 44.0 Å². The Morgan fingerprint density at radius 3 is 2.53 bits per heavy atom. The Morgan fingerprint density at radius 1 is 1.26 bits per heavy atom. The van der Waals surface area contributed by atoms with Gasteiger partial charge in [-0.25, -0.2) is 8.42 Å². The Hall–Kier alpha value is -1.40. The first-order valence-corrected chi connectivity index (χ1v) is 7.82. The zero-order valence-corrected chi connectivity index (χ0v) is 11.7. The van der Waals surface area contributed by atoms with Crippen LogP contribution >= 0.6 is 0 Å². The van der Waals surface area contributed by atoms with E-state index in [2.05, 4.69) is 5.32 Å². The molecule has 104 valence electrons. The Bertz CT molecular complexity index is 540. The third-order valence-corrected chi connectivity index (χ3v) is 5.46. The van der Waals surface area contributed by atoms with Crippen molar-refractivity contribution in [1.82, 2.24) is 4.31 Å². The summed E-state index contributed by atoms with van der Waals surface area (Å²) >= 11 is 0. The smallest absolute Gasteiger partial charge is 0.243 e. The van der Waals surface area contributed by atoms with Crippen molar-refractivity contribution in [2.75, 3.05) is 11.9 Å². The van der Waals surface area contributed by atoms with Gasteiger partial charge in [0, 0.05) is 18.3 Å². The summed E-state index contributed by atoms with van der Waals surface area (Å²) < 4.78 is 26.6. The van der Waals surface area contributed by atoms with Crippen molar-refractivity contribution in [2.45, 2.75) is 37.1 Å². The van der Waals surface area contributed by atoms with Gasteiger partial charge in [0.25, 0.3) is 0 Å². The molecule has 1 unspecified atom stereocenters. The highest BCUT2D eigenvalue weighted by Crippen LogP contribution is 2.25. The number of rotatable bonds is 4. The average molecular weight is 282 g/mol. The summed E-state index contributed by atoms with van der Waals surface area (Å²) in [6.07, 6.45) is 3.46. The Labute approximate surface area is 113 Å². The fourth-order valence-electron chi connectivity index (χ4n) is 2.36. The lowest BCUT2D eigenvalue weighted by molar-refractivity contribution is -0.105. The first-order chi connectivity index (χ1) is 9.05. The lowest BCUT2D eigenvalue weighted by Crippen LogP contribution is -2.41. The molecule has 1 aromatic rings. The average Bonchev–Trinajstić information content (AvgIpc) is 2.40. The molecule has 1 aliphatic heterocycles. The van der Waals surface area contributed by atoms with Crippen LogP contribution in [-0.2, 0) is 14.8 Å².